The molecular weight excluding hydrogens is 272 g/mol. The van der Waals surface area contributed by atoms with Crippen molar-refractivity contribution in [2.24, 2.45) is 0 Å². The highest BCUT2D eigenvalue weighted by atomic mass is 16.6. The molecule has 1 aromatic carbocycles. The molecule has 0 bridgehead atoms. The number of aliphatic hydroxyl groups is 1. The van der Waals surface area contributed by atoms with E-state index in [1.165, 1.54) is 18.2 Å². The number of benzene rings is 1. The van der Waals surface area contributed by atoms with Gasteiger partial charge < -0.3 is 9.84 Å². The van der Waals surface area contributed by atoms with E-state index >= 15 is 0 Å². The first-order valence-corrected chi connectivity index (χ1v) is 6.57. The molecule has 1 heterocycles. The smallest absolute Gasteiger partial charge is 0.270 e. The van der Waals surface area contributed by atoms with Crippen molar-refractivity contribution in [3.63, 3.8) is 0 Å². The topological polar surface area (TPSA) is 85.5 Å². The van der Waals surface area contributed by atoms with Crippen LogP contribution in [0.1, 0.15) is 23.9 Å². The average molecular weight is 288 g/mol. The zero-order valence-electron chi connectivity index (χ0n) is 11.9. The van der Waals surface area contributed by atoms with Gasteiger partial charge in [-0.05, 0) is 31.5 Å². The number of nitrogens with zero attached hydrogens (tertiary/aromatic N) is 2. The van der Waals surface area contributed by atoms with Crippen LogP contribution in [-0.2, 0) is 13.0 Å². The number of rotatable bonds is 5. The lowest BCUT2D eigenvalue weighted by atomic mass is 10.2. The quantitative estimate of drug-likeness (QED) is 0.674. The summed E-state index contributed by atoms with van der Waals surface area (Å²) < 4.78 is 5.77. The van der Waals surface area contributed by atoms with Crippen molar-refractivity contribution in [1.29, 1.82) is 0 Å². The fraction of sp³-hybridized carbons (Fsp3) is 0.267. The second-order valence-corrected chi connectivity index (χ2v) is 4.56. The largest absolute Gasteiger partial charge is 0.455 e. The van der Waals surface area contributed by atoms with Gasteiger partial charge in [-0.15, -0.1) is 0 Å². The lowest BCUT2D eigenvalue weighted by Gasteiger charge is -2.12. The Morgan fingerprint density at radius 1 is 1.29 bits per heavy atom. The number of nitro benzene ring substituents is 1. The van der Waals surface area contributed by atoms with Crippen LogP contribution in [-0.4, -0.2) is 15.0 Å². The predicted octanol–water partition coefficient (Wildman–Crippen LogP) is 3.15. The van der Waals surface area contributed by atoms with Gasteiger partial charge in [-0.2, -0.15) is 0 Å². The lowest BCUT2D eigenvalue weighted by molar-refractivity contribution is -0.385. The Kier molecular flexibility index (Phi) is 4.49. The first kappa shape index (κ1) is 14.9. The second kappa shape index (κ2) is 6.32. The normalized spacial score (nSPS) is 10.4. The maximum absolute atomic E-state index is 10.7. The van der Waals surface area contributed by atoms with E-state index in [9.17, 15) is 15.2 Å². The molecule has 0 saturated carbocycles. The fourth-order valence-electron chi connectivity index (χ4n) is 1.96. The first-order chi connectivity index (χ1) is 10.0. The molecule has 0 spiro atoms. The predicted molar refractivity (Wildman–Crippen MR) is 77.4 cm³/mol. The molecule has 0 aliphatic heterocycles. The van der Waals surface area contributed by atoms with Crippen molar-refractivity contribution >= 4 is 5.69 Å². The van der Waals surface area contributed by atoms with E-state index in [0.29, 0.717) is 23.5 Å². The molecule has 0 fully saturated rings. The molecule has 6 nitrogen and oxygen atoms in total. The minimum atomic E-state index is -0.506. The van der Waals surface area contributed by atoms with Crippen LogP contribution in [0.2, 0.25) is 0 Å². The van der Waals surface area contributed by atoms with E-state index in [1.54, 1.807) is 0 Å². The van der Waals surface area contributed by atoms with Gasteiger partial charge in [-0.3, -0.25) is 15.1 Å². The summed E-state index contributed by atoms with van der Waals surface area (Å²) in [4.78, 5) is 14.6. The third kappa shape index (κ3) is 3.35. The minimum Gasteiger partial charge on any atom is -0.455 e. The summed E-state index contributed by atoms with van der Waals surface area (Å²) in [7, 11) is 0. The monoisotopic (exact) mass is 288 g/mol. The fourth-order valence-corrected chi connectivity index (χ4v) is 1.96. The zero-order chi connectivity index (χ0) is 15.4. The Bertz CT molecular complexity index is 671. The molecule has 1 aromatic heterocycles. The number of aromatic nitrogens is 1. The summed E-state index contributed by atoms with van der Waals surface area (Å²) in [5, 5.41) is 20.1. The molecule has 6 heteroatoms. The maximum Gasteiger partial charge on any atom is 0.270 e. The number of aryl methyl sites for hydroxylation is 2. The van der Waals surface area contributed by atoms with Crippen LogP contribution in [0.3, 0.4) is 0 Å². The van der Waals surface area contributed by atoms with Crippen LogP contribution in [0.25, 0.3) is 0 Å². The third-order valence-electron chi connectivity index (χ3n) is 3.05. The molecule has 0 radical (unpaired) electrons. The van der Waals surface area contributed by atoms with E-state index in [-0.39, 0.29) is 12.3 Å². The zero-order valence-corrected chi connectivity index (χ0v) is 11.9. The molecule has 2 aromatic rings. The number of nitro groups is 1. The molecule has 0 aliphatic rings. The Hall–Kier alpha value is -2.47. The summed E-state index contributed by atoms with van der Waals surface area (Å²) in [6.45, 7) is 3.53. The molecular formula is C15H16N2O4. The molecule has 21 heavy (non-hydrogen) atoms. The summed E-state index contributed by atoms with van der Waals surface area (Å²) in [5.74, 6) is 0.982. The van der Waals surface area contributed by atoms with Crippen LogP contribution in [0.5, 0.6) is 11.5 Å². The highest BCUT2D eigenvalue weighted by Crippen LogP contribution is 2.30. The number of aliphatic hydroxyl groups excluding tert-OH is 1. The van der Waals surface area contributed by atoms with Crippen LogP contribution in [0, 0.1) is 17.0 Å². The molecule has 2 rings (SSSR count). The van der Waals surface area contributed by atoms with E-state index in [1.807, 2.05) is 26.0 Å². The molecule has 0 saturated heterocycles. The molecule has 0 aliphatic carbocycles. The van der Waals surface area contributed by atoms with Gasteiger partial charge in [0.05, 0.1) is 17.2 Å². The van der Waals surface area contributed by atoms with Crippen LogP contribution in [0.15, 0.2) is 30.3 Å². The first-order valence-electron chi connectivity index (χ1n) is 6.57. The maximum atomic E-state index is 10.7. The number of pyridine rings is 1. The van der Waals surface area contributed by atoms with Crippen molar-refractivity contribution in [2.75, 3.05) is 0 Å². The molecule has 0 amide bonds. The van der Waals surface area contributed by atoms with E-state index in [0.717, 1.165) is 11.4 Å². The van der Waals surface area contributed by atoms with Crippen molar-refractivity contribution in [3.05, 3.63) is 57.4 Å². The molecule has 0 unspecified atom stereocenters. The van der Waals surface area contributed by atoms with Gasteiger partial charge in [-0.25, -0.2) is 0 Å². The minimum absolute atomic E-state index is 0.0795. The Balaban J connectivity index is 2.37. The number of ether oxygens (including phenoxy) is 1. The molecule has 110 valence electrons. The van der Waals surface area contributed by atoms with Gasteiger partial charge in [0.2, 0.25) is 0 Å². The average Bonchev–Trinajstić information content (AvgIpc) is 2.49. The van der Waals surface area contributed by atoms with E-state index in [2.05, 4.69) is 4.98 Å². The lowest BCUT2D eigenvalue weighted by Crippen LogP contribution is -1.99. The number of non-ortho nitro benzene ring substituents is 1. The highest BCUT2D eigenvalue weighted by molar-refractivity contribution is 5.46. The van der Waals surface area contributed by atoms with Gasteiger partial charge in [0.25, 0.3) is 5.69 Å². The van der Waals surface area contributed by atoms with Crippen molar-refractivity contribution in [3.8, 4) is 11.5 Å². The van der Waals surface area contributed by atoms with Crippen LogP contribution < -0.4 is 4.74 Å². The summed E-state index contributed by atoms with van der Waals surface area (Å²) in [6, 6.07) is 7.79. The van der Waals surface area contributed by atoms with Crippen molar-refractivity contribution in [1.82, 2.24) is 4.98 Å². The number of hydrogen-bond acceptors (Lipinski definition) is 5. The van der Waals surface area contributed by atoms with Crippen molar-refractivity contribution < 1.29 is 14.8 Å². The van der Waals surface area contributed by atoms with E-state index in [4.69, 9.17) is 4.74 Å². The summed E-state index contributed by atoms with van der Waals surface area (Å²) >= 11 is 0. The van der Waals surface area contributed by atoms with Gasteiger partial charge >= 0.3 is 0 Å². The standard InChI is InChI=1S/C15H16N2O4/c1-3-13-15(6-4-10(2)16-13)21-14-7-5-12(17(19)20)8-11(14)9-18/h4-8,18H,3,9H2,1-2H3. The van der Waals surface area contributed by atoms with Crippen LogP contribution in [0.4, 0.5) is 5.69 Å². The molecule has 1 N–H and O–H groups in total. The Morgan fingerprint density at radius 2 is 2.00 bits per heavy atom. The van der Waals surface area contributed by atoms with Crippen LogP contribution >= 0.6 is 0 Å². The SMILES string of the molecule is CCc1nc(C)ccc1Oc1ccc([N+](=O)[O-])cc1CO. The highest BCUT2D eigenvalue weighted by Gasteiger charge is 2.13. The summed E-state index contributed by atoms with van der Waals surface area (Å²) in [6.07, 6.45) is 0.707. The molecule has 0 atom stereocenters. The van der Waals surface area contributed by atoms with Gasteiger partial charge in [0.1, 0.15) is 11.5 Å². The van der Waals surface area contributed by atoms with Gasteiger partial charge in [0, 0.05) is 23.4 Å². The Morgan fingerprint density at radius 3 is 2.62 bits per heavy atom. The van der Waals surface area contributed by atoms with E-state index < -0.39 is 4.92 Å². The third-order valence-corrected chi connectivity index (χ3v) is 3.05. The van der Waals surface area contributed by atoms with Gasteiger partial charge in [0.15, 0.2) is 0 Å². The van der Waals surface area contributed by atoms with Crippen molar-refractivity contribution in [2.45, 2.75) is 26.9 Å². The summed E-state index contributed by atoms with van der Waals surface area (Å²) in [5.41, 5.74) is 1.98. The number of hydrogen-bond donors (Lipinski definition) is 1. The van der Waals surface area contributed by atoms with Gasteiger partial charge in [-0.1, -0.05) is 6.92 Å². The second-order valence-electron chi connectivity index (χ2n) is 4.56. The Labute approximate surface area is 122 Å².